The predicted molar refractivity (Wildman–Crippen MR) is 81.4 cm³/mol. The van der Waals surface area contributed by atoms with Crippen molar-refractivity contribution in [2.24, 2.45) is 0 Å². The molecule has 106 valence electrons. The zero-order valence-corrected chi connectivity index (χ0v) is 12.3. The van der Waals surface area contributed by atoms with Gasteiger partial charge in [-0.2, -0.15) is 0 Å². The van der Waals surface area contributed by atoms with Crippen molar-refractivity contribution in [2.45, 2.75) is 26.2 Å². The van der Waals surface area contributed by atoms with Gasteiger partial charge in [0.05, 0.1) is 7.11 Å². The lowest BCUT2D eigenvalue weighted by Gasteiger charge is -2.18. The molecular weight excluding hydrogens is 252 g/mol. The van der Waals surface area contributed by atoms with Gasteiger partial charge < -0.3 is 15.8 Å². The van der Waals surface area contributed by atoms with Crippen LogP contribution in [-0.4, -0.2) is 17.1 Å². The van der Waals surface area contributed by atoms with Crippen LogP contribution in [0.15, 0.2) is 30.3 Å². The van der Waals surface area contributed by atoms with Crippen molar-refractivity contribution in [1.29, 1.82) is 0 Å². The molecule has 0 aliphatic carbocycles. The second-order valence-electron chi connectivity index (χ2n) is 5.61. The van der Waals surface area contributed by atoms with Crippen molar-refractivity contribution >= 4 is 17.3 Å². The van der Waals surface area contributed by atoms with Crippen LogP contribution in [0.2, 0.25) is 0 Å². The third kappa shape index (κ3) is 3.38. The van der Waals surface area contributed by atoms with E-state index in [0.717, 1.165) is 11.4 Å². The fourth-order valence-electron chi connectivity index (χ4n) is 1.71. The van der Waals surface area contributed by atoms with Crippen molar-refractivity contribution in [3.8, 4) is 5.75 Å². The molecule has 0 saturated carbocycles. The number of nitrogens with one attached hydrogen (secondary N) is 1. The van der Waals surface area contributed by atoms with Gasteiger partial charge in [-0.25, -0.2) is 9.97 Å². The highest BCUT2D eigenvalue weighted by Crippen LogP contribution is 2.24. The molecular formula is C15H20N4O. The van der Waals surface area contributed by atoms with Crippen LogP contribution in [-0.2, 0) is 5.41 Å². The monoisotopic (exact) mass is 272 g/mol. The molecule has 0 aliphatic heterocycles. The number of hydrogen-bond donors (Lipinski definition) is 2. The molecule has 1 aromatic carbocycles. The Kier molecular flexibility index (Phi) is 3.79. The third-order valence-electron chi connectivity index (χ3n) is 2.76. The maximum absolute atomic E-state index is 5.85. The van der Waals surface area contributed by atoms with Crippen LogP contribution < -0.4 is 15.8 Å². The highest BCUT2D eigenvalue weighted by molar-refractivity contribution is 5.60. The van der Waals surface area contributed by atoms with Gasteiger partial charge in [-0.05, 0) is 12.1 Å². The first kappa shape index (κ1) is 14.1. The molecule has 0 unspecified atom stereocenters. The number of nitrogen functional groups attached to an aromatic ring is 1. The highest BCUT2D eigenvalue weighted by atomic mass is 16.5. The molecule has 0 bridgehead atoms. The molecule has 0 saturated heterocycles. The molecule has 5 nitrogen and oxygen atoms in total. The minimum Gasteiger partial charge on any atom is -0.497 e. The zero-order chi connectivity index (χ0) is 14.8. The van der Waals surface area contributed by atoms with Crippen LogP contribution in [0.5, 0.6) is 5.75 Å². The Balaban J connectivity index is 2.31. The second kappa shape index (κ2) is 5.36. The quantitative estimate of drug-likeness (QED) is 0.898. The van der Waals surface area contributed by atoms with E-state index in [2.05, 4.69) is 36.1 Å². The van der Waals surface area contributed by atoms with E-state index in [1.807, 2.05) is 24.3 Å². The normalized spacial score (nSPS) is 11.2. The Labute approximate surface area is 119 Å². The van der Waals surface area contributed by atoms with Gasteiger partial charge >= 0.3 is 0 Å². The molecule has 0 amide bonds. The fourth-order valence-corrected chi connectivity index (χ4v) is 1.71. The van der Waals surface area contributed by atoms with Crippen molar-refractivity contribution in [3.63, 3.8) is 0 Å². The molecule has 1 heterocycles. The summed E-state index contributed by atoms with van der Waals surface area (Å²) in [6.45, 7) is 6.16. The predicted octanol–water partition coefficient (Wildman–Crippen LogP) is 3.11. The van der Waals surface area contributed by atoms with Crippen molar-refractivity contribution < 1.29 is 4.74 Å². The Hall–Kier alpha value is -2.30. The van der Waals surface area contributed by atoms with E-state index >= 15 is 0 Å². The van der Waals surface area contributed by atoms with Crippen molar-refractivity contribution in [1.82, 2.24) is 9.97 Å². The molecule has 0 aliphatic rings. The molecule has 0 fully saturated rings. The molecule has 1 aromatic heterocycles. The summed E-state index contributed by atoms with van der Waals surface area (Å²) in [5.74, 6) is 2.63. The van der Waals surface area contributed by atoms with Crippen LogP contribution in [0.1, 0.15) is 26.6 Å². The molecule has 3 N–H and O–H groups in total. The summed E-state index contributed by atoms with van der Waals surface area (Å²) in [4.78, 5) is 8.80. The van der Waals surface area contributed by atoms with E-state index in [0.29, 0.717) is 17.5 Å². The first-order valence-electron chi connectivity index (χ1n) is 6.44. The van der Waals surface area contributed by atoms with Crippen LogP contribution >= 0.6 is 0 Å². The van der Waals surface area contributed by atoms with Gasteiger partial charge in [0.1, 0.15) is 23.2 Å². The van der Waals surface area contributed by atoms with E-state index < -0.39 is 0 Å². The Morgan fingerprint density at radius 2 is 1.90 bits per heavy atom. The number of nitrogens with two attached hydrogens (primary N) is 1. The van der Waals surface area contributed by atoms with Gasteiger partial charge in [-0.15, -0.1) is 0 Å². The average molecular weight is 272 g/mol. The summed E-state index contributed by atoms with van der Waals surface area (Å²) in [6.07, 6.45) is 0. The highest BCUT2D eigenvalue weighted by Gasteiger charge is 2.18. The Morgan fingerprint density at radius 1 is 1.15 bits per heavy atom. The molecule has 2 aromatic rings. The Bertz CT molecular complexity index is 605. The summed E-state index contributed by atoms with van der Waals surface area (Å²) in [5, 5.41) is 3.22. The van der Waals surface area contributed by atoms with Gasteiger partial charge in [0.15, 0.2) is 0 Å². The van der Waals surface area contributed by atoms with Gasteiger partial charge in [-0.3, -0.25) is 0 Å². The average Bonchev–Trinajstić information content (AvgIpc) is 2.37. The third-order valence-corrected chi connectivity index (χ3v) is 2.76. The summed E-state index contributed by atoms with van der Waals surface area (Å²) < 4.78 is 5.20. The molecule has 5 heteroatoms. The van der Waals surface area contributed by atoms with Crippen LogP contribution in [0.3, 0.4) is 0 Å². The first-order chi connectivity index (χ1) is 9.38. The van der Waals surface area contributed by atoms with Crippen LogP contribution in [0.4, 0.5) is 17.3 Å². The molecule has 0 radical (unpaired) electrons. The lowest BCUT2D eigenvalue weighted by molar-refractivity contribution is 0.415. The van der Waals surface area contributed by atoms with Crippen molar-refractivity contribution in [2.75, 3.05) is 18.2 Å². The Morgan fingerprint density at radius 3 is 2.55 bits per heavy atom. The van der Waals surface area contributed by atoms with Gasteiger partial charge in [0.2, 0.25) is 0 Å². The first-order valence-corrected chi connectivity index (χ1v) is 6.44. The van der Waals surface area contributed by atoms with Gasteiger partial charge in [0, 0.05) is 23.2 Å². The smallest absolute Gasteiger partial charge is 0.138 e. The summed E-state index contributed by atoms with van der Waals surface area (Å²) in [5.41, 5.74) is 6.59. The topological polar surface area (TPSA) is 73.1 Å². The lowest BCUT2D eigenvalue weighted by atomic mass is 9.96. The minimum atomic E-state index is -0.153. The number of nitrogens with zero attached hydrogens (tertiary/aromatic N) is 2. The summed E-state index contributed by atoms with van der Waals surface area (Å²) in [6, 6.07) is 9.36. The SMILES string of the molecule is COc1cccc(Nc2cc(N)nc(C(C)(C)C)n2)c1. The molecule has 0 atom stereocenters. The molecule has 0 spiro atoms. The maximum atomic E-state index is 5.85. The molecule has 20 heavy (non-hydrogen) atoms. The van der Waals surface area contributed by atoms with E-state index in [9.17, 15) is 0 Å². The van der Waals surface area contributed by atoms with E-state index in [4.69, 9.17) is 10.5 Å². The minimum absolute atomic E-state index is 0.153. The lowest BCUT2D eigenvalue weighted by Crippen LogP contribution is -2.17. The van der Waals surface area contributed by atoms with Crippen LogP contribution in [0.25, 0.3) is 0 Å². The van der Waals surface area contributed by atoms with Gasteiger partial charge in [-0.1, -0.05) is 26.8 Å². The van der Waals surface area contributed by atoms with E-state index in [1.54, 1.807) is 13.2 Å². The van der Waals surface area contributed by atoms with Crippen LogP contribution in [0, 0.1) is 0 Å². The number of rotatable bonds is 3. The largest absolute Gasteiger partial charge is 0.497 e. The van der Waals surface area contributed by atoms with Gasteiger partial charge in [0.25, 0.3) is 0 Å². The number of hydrogen-bond acceptors (Lipinski definition) is 5. The fraction of sp³-hybridized carbons (Fsp3) is 0.333. The number of aromatic nitrogens is 2. The molecule has 2 rings (SSSR count). The standard InChI is InChI=1S/C15H20N4O/c1-15(2,3)14-18-12(16)9-13(19-14)17-10-6-5-7-11(8-10)20-4/h5-9H,1-4H3,(H3,16,17,18,19). The van der Waals surface area contributed by atoms with E-state index in [1.165, 1.54) is 0 Å². The maximum Gasteiger partial charge on any atom is 0.138 e. The number of benzene rings is 1. The zero-order valence-electron chi connectivity index (χ0n) is 12.3. The summed E-state index contributed by atoms with van der Waals surface area (Å²) >= 11 is 0. The van der Waals surface area contributed by atoms with E-state index in [-0.39, 0.29) is 5.41 Å². The second-order valence-corrected chi connectivity index (χ2v) is 5.61. The number of anilines is 3. The summed E-state index contributed by atoms with van der Waals surface area (Å²) in [7, 11) is 1.64. The number of ether oxygens (including phenoxy) is 1. The number of methoxy groups -OCH3 is 1. The van der Waals surface area contributed by atoms with Crippen molar-refractivity contribution in [3.05, 3.63) is 36.2 Å².